The van der Waals surface area contributed by atoms with Gasteiger partial charge in [0, 0.05) is 9.79 Å². The van der Waals surface area contributed by atoms with Crippen molar-refractivity contribution in [2.24, 2.45) is 0 Å². The second kappa shape index (κ2) is 11.2. The summed E-state index contributed by atoms with van der Waals surface area (Å²) in [4.78, 5) is 7.27. The van der Waals surface area contributed by atoms with Crippen LogP contribution in [-0.2, 0) is 12.8 Å². The first kappa shape index (κ1) is 23.8. The Bertz CT molecular complexity index is 1120. The molecule has 4 rings (SSSR count). The van der Waals surface area contributed by atoms with Gasteiger partial charge in [0.1, 0.15) is 0 Å². The number of nitrogens with zero attached hydrogens (tertiary/aromatic N) is 2. The van der Waals surface area contributed by atoms with E-state index >= 15 is 0 Å². The topological polar surface area (TPSA) is 6.48 Å². The highest BCUT2D eigenvalue weighted by atomic mass is 32.2. The number of fused-ring (bicyclic) bond motifs is 2. The van der Waals surface area contributed by atoms with E-state index < -0.39 is 0 Å². The number of hydrogen-bond acceptors (Lipinski definition) is 3. The van der Waals surface area contributed by atoms with Gasteiger partial charge in [-0.25, -0.2) is 0 Å². The summed E-state index contributed by atoms with van der Waals surface area (Å²) in [7, 11) is 8.60. The molecule has 0 radical (unpaired) electrons. The van der Waals surface area contributed by atoms with Crippen LogP contribution in [0, 0.1) is 0 Å². The summed E-state index contributed by atoms with van der Waals surface area (Å²) in [6, 6.07) is 27.3. The third-order valence-electron chi connectivity index (χ3n) is 6.13. The van der Waals surface area contributed by atoms with Gasteiger partial charge >= 0.3 is 0 Å². The smallest absolute Gasteiger partial charge is 0.0203 e. The summed E-state index contributed by atoms with van der Waals surface area (Å²) >= 11 is 1.93. The second-order valence-electron chi connectivity index (χ2n) is 9.55. The van der Waals surface area contributed by atoms with E-state index in [1.165, 1.54) is 55.3 Å². The summed E-state index contributed by atoms with van der Waals surface area (Å²) in [6.07, 6.45) is 4.59. The molecule has 3 heteroatoms. The SMILES string of the molecule is CN(C)CCCc1cc(Sc2cc(CCCN(C)C)cc3ccccc23)c2ccccc2c1. The van der Waals surface area contributed by atoms with Gasteiger partial charge in [-0.1, -0.05) is 72.4 Å². The number of rotatable bonds is 10. The highest BCUT2D eigenvalue weighted by Crippen LogP contribution is 2.39. The van der Waals surface area contributed by atoms with E-state index in [4.69, 9.17) is 0 Å². The van der Waals surface area contributed by atoms with Crippen molar-refractivity contribution in [3.63, 3.8) is 0 Å². The fourth-order valence-electron chi connectivity index (χ4n) is 4.44. The molecule has 0 aliphatic heterocycles. The summed E-state index contributed by atoms with van der Waals surface area (Å²) in [5.41, 5.74) is 2.87. The first-order chi connectivity index (χ1) is 16.0. The largest absolute Gasteiger partial charge is 0.309 e. The molecular weight excluding hydrogens is 420 g/mol. The van der Waals surface area contributed by atoms with Crippen LogP contribution in [-0.4, -0.2) is 51.1 Å². The van der Waals surface area contributed by atoms with E-state index in [1.54, 1.807) is 0 Å². The zero-order valence-corrected chi connectivity index (χ0v) is 21.3. The van der Waals surface area contributed by atoms with Crippen molar-refractivity contribution in [2.45, 2.75) is 35.5 Å². The van der Waals surface area contributed by atoms with Crippen LogP contribution < -0.4 is 0 Å². The average molecular weight is 457 g/mol. The maximum Gasteiger partial charge on any atom is 0.0203 e. The van der Waals surface area contributed by atoms with Gasteiger partial charge < -0.3 is 9.80 Å². The summed E-state index contributed by atoms with van der Waals surface area (Å²) in [5.74, 6) is 0. The average Bonchev–Trinajstić information content (AvgIpc) is 2.79. The van der Waals surface area contributed by atoms with Crippen LogP contribution in [0.25, 0.3) is 21.5 Å². The summed E-state index contributed by atoms with van der Waals surface area (Å²) < 4.78 is 0. The lowest BCUT2D eigenvalue weighted by molar-refractivity contribution is 0.400. The van der Waals surface area contributed by atoms with Crippen LogP contribution in [0.5, 0.6) is 0 Å². The molecule has 0 fully saturated rings. The maximum atomic E-state index is 2.43. The number of benzene rings is 4. The monoisotopic (exact) mass is 456 g/mol. The van der Waals surface area contributed by atoms with Gasteiger partial charge in [0.25, 0.3) is 0 Å². The van der Waals surface area contributed by atoms with Crippen LogP contribution in [0.4, 0.5) is 0 Å². The molecule has 0 unspecified atom stereocenters. The fraction of sp³-hybridized carbons (Fsp3) is 0.333. The van der Waals surface area contributed by atoms with Crippen molar-refractivity contribution < 1.29 is 0 Å². The Morgan fingerprint density at radius 2 is 1.00 bits per heavy atom. The fourth-order valence-corrected chi connectivity index (χ4v) is 5.69. The third kappa shape index (κ3) is 6.38. The standard InChI is InChI=1S/C30H36N2S/c1-31(2)17-9-11-23-19-25-13-5-7-15-27(25)29(21-23)33-30-22-24(12-10-18-32(3)4)20-26-14-6-8-16-28(26)30/h5-8,13-16,19-22H,9-12,17-18H2,1-4H3. The molecule has 0 heterocycles. The van der Waals surface area contributed by atoms with Gasteiger partial charge in [0.2, 0.25) is 0 Å². The second-order valence-corrected chi connectivity index (χ2v) is 10.6. The molecule has 0 amide bonds. The Balaban J connectivity index is 1.69. The summed E-state index contributed by atoms with van der Waals surface area (Å²) in [5, 5.41) is 5.38. The third-order valence-corrected chi connectivity index (χ3v) is 7.24. The first-order valence-electron chi connectivity index (χ1n) is 12.0. The minimum Gasteiger partial charge on any atom is -0.309 e. The molecule has 0 bridgehead atoms. The Hall–Kier alpha value is -2.33. The minimum atomic E-state index is 1.11. The van der Waals surface area contributed by atoms with Crippen LogP contribution in [0.3, 0.4) is 0 Å². The highest BCUT2D eigenvalue weighted by molar-refractivity contribution is 7.99. The quantitative estimate of drug-likeness (QED) is 0.250. The molecule has 33 heavy (non-hydrogen) atoms. The lowest BCUT2D eigenvalue weighted by atomic mass is 10.0. The van der Waals surface area contributed by atoms with E-state index in [1.807, 2.05) is 11.8 Å². The molecule has 0 atom stereocenters. The lowest BCUT2D eigenvalue weighted by Gasteiger charge is -2.15. The van der Waals surface area contributed by atoms with Crippen molar-refractivity contribution in [1.82, 2.24) is 9.80 Å². The molecule has 0 N–H and O–H groups in total. The Labute approximate surface area is 203 Å². The molecule has 4 aromatic rings. The van der Waals surface area contributed by atoms with Crippen LogP contribution in [0.2, 0.25) is 0 Å². The van der Waals surface area contributed by atoms with Crippen molar-refractivity contribution in [3.05, 3.63) is 83.9 Å². The maximum absolute atomic E-state index is 2.43. The Morgan fingerprint density at radius 1 is 0.576 bits per heavy atom. The molecule has 0 aromatic heterocycles. The minimum absolute atomic E-state index is 1.11. The van der Waals surface area contributed by atoms with Gasteiger partial charge in [0.05, 0.1) is 0 Å². The predicted octanol–water partition coefficient (Wildman–Crippen LogP) is 7.13. The van der Waals surface area contributed by atoms with Gasteiger partial charge in [-0.05, 0) is 112 Å². The van der Waals surface area contributed by atoms with Crippen molar-refractivity contribution in [1.29, 1.82) is 0 Å². The zero-order valence-electron chi connectivity index (χ0n) is 20.5. The molecule has 0 saturated carbocycles. The summed E-state index contributed by atoms with van der Waals surface area (Å²) in [6.45, 7) is 2.24. The molecule has 0 spiro atoms. The number of aryl methyl sites for hydroxylation is 2. The Kier molecular flexibility index (Phi) is 8.08. The van der Waals surface area contributed by atoms with Crippen molar-refractivity contribution in [2.75, 3.05) is 41.3 Å². The van der Waals surface area contributed by atoms with E-state index in [2.05, 4.69) is 111 Å². The van der Waals surface area contributed by atoms with Crippen molar-refractivity contribution >= 4 is 33.3 Å². The molecular formula is C30H36N2S. The van der Waals surface area contributed by atoms with Crippen LogP contribution in [0.15, 0.2) is 82.6 Å². The van der Waals surface area contributed by atoms with Gasteiger partial charge in [-0.3, -0.25) is 0 Å². The van der Waals surface area contributed by atoms with Gasteiger partial charge in [-0.2, -0.15) is 0 Å². The molecule has 2 nitrogen and oxygen atoms in total. The van der Waals surface area contributed by atoms with Crippen LogP contribution in [0.1, 0.15) is 24.0 Å². The predicted molar refractivity (Wildman–Crippen MR) is 146 cm³/mol. The first-order valence-corrected chi connectivity index (χ1v) is 12.8. The zero-order chi connectivity index (χ0) is 23.2. The van der Waals surface area contributed by atoms with E-state index in [0.29, 0.717) is 0 Å². The molecule has 0 aliphatic carbocycles. The molecule has 0 saturated heterocycles. The lowest BCUT2D eigenvalue weighted by Crippen LogP contribution is -2.13. The van der Waals surface area contributed by atoms with E-state index in [9.17, 15) is 0 Å². The highest BCUT2D eigenvalue weighted by Gasteiger charge is 2.11. The van der Waals surface area contributed by atoms with Gasteiger partial charge in [-0.15, -0.1) is 0 Å². The molecule has 4 aromatic carbocycles. The normalized spacial score (nSPS) is 11.8. The number of hydrogen-bond donors (Lipinski definition) is 0. The molecule has 0 aliphatic rings. The van der Waals surface area contributed by atoms with Crippen molar-refractivity contribution in [3.8, 4) is 0 Å². The van der Waals surface area contributed by atoms with E-state index in [0.717, 1.165) is 25.9 Å². The van der Waals surface area contributed by atoms with Gasteiger partial charge in [0.15, 0.2) is 0 Å². The van der Waals surface area contributed by atoms with E-state index in [-0.39, 0.29) is 0 Å². The van der Waals surface area contributed by atoms with Crippen LogP contribution >= 0.6 is 11.8 Å². The molecule has 172 valence electrons. The Morgan fingerprint density at radius 3 is 1.42 bits per heavy atom.